The largest absolute Gasteiger partial charge is 0.322 e. The zero-order valence-electron chi connectivity index (χ0n) is 17.2. The molecule has 9 heteroatoms. The van der Waals surface area contributed by atoms with E-state index in [9.17, 15) is 14.0 Å². The maximum absolute atomic E-state index is 14.0. The van der Waals surface area contributed by atoms with Crippen LogP contribution in [0.1, 0.15) is 51.3 Å². The van der Waals surface area contributed by atoms with Crippen LogP contribution in [0.25, 0.3) is 0 Å². The van der Waals surface area contributed by atoms with Gasteiger partial charge >= 0.3 is 6.03 Å². The molecule has 1 aromatic heterocycles. The number of carbonyl (C=O) groups excluding carboxylic acids is 2. The molecule has 30 heavy (non-hydrogen) atoms. The number of hydrogen-bond donors (Lipinski definition) is 3. The first-order chi connectivity index (χ1) is 14.1. The summed E-state index contributed by atoms with van der Waals surface area (Å²) in [5.41, 5.74) is 0.902. The van der Waals surface area contributed by atoms with Gasteiger partial charge in [0.25, 0.3) is 0 Å². The monoisotopic (exact) mass is 433 g/mol. The fourth-order valence-corrected chi connectivity index (χ4v) is 4.48. The van der Waals surface area contributed by atoms with E-state index in [4.69, 9.17) is 11.6 Å². The molecular weight excluding hydrogens is 409 g/mol. The maximum Gasteiger partial charge on any atom is 0.322 e. The van der Waals surface area contributed by atoms with Crippen LogP contribution in [0.3, 0.4) is 0 Å². The summed E-state index contributed by atoms with van der Waals surface area (Å²) in [6, 6.07) is 3.74. The number of benzene rings is 1. The summed E-state index contributed by atoms with van der Waals surface area (Å²) >= 11 is 5.99. The van der Waals surface area contributed by atoms with Crippen molar-refractivity contribution >= 4 is 35.0 Å². The van der Waals surface area contributed by atoms with Gasteiger partial charge in [-0.2, -0.15) is 5.10 Å². The van der Waals surface area contributed by atoms with Crippen LogP contribution in [0, 0.1) is 16.6 Å². The minimum absolute atomic E-state index is 0.0309. The molecule has 0 atom stereocenters. The Hall–Kier alpha value is -2.61. The van der Waals surface area contributed by atoms with Gasteiger partial charge in [-0.15, -0.1) is 0 Å². The molecule has 0 saturated heterocycles. The second kappa shape index (κ2) is 7.27. The summed E-state index contributed by atoms with van der Waals surface area (Å²) in [6.45, 7) is 6.78. The molecule has 1 aliphatic carbocycles. The van der Waals surface area contributed by atoms with Gasteiger partial charge in [-0.05, 0) is 30.4 Å². The van der Waals surface area contributed by atoms with Gasteiger partial charge in [-0.1, -0.05) is 44.9 Å². The average molecular weight is 434 g/mol. The Labute approximate surface area is 179 Å². The first-order valence-corrected chi connectivity index (χ1v) is 10.4. The summed E-state index contributed by atoms with van der Waals surface area (Å²) in [7, 11) is 0. The molecule has 0 bridgehead atoms. The Kier molecular flexibility index (Phi) is 5.00. The molecule has 1 fully saturated rings. The van der Waals surface area contributed by atoms with Crippen LogP contribution in [-0.4, -0.2) is 27.0 Å². The highest BCUT2D eigenvalue weighted by molar-refractivity contribution is 6.33. The van der Waals surface area contributed by atoms with Gasteiger partial charge in [0.2, 0.25) is 5.91 Å². The number of rotatable bonds is 3. The quantitative estimate of drug-likeness (QED) is 0.642. The van der Waals surface area contributed by atoms with E-state index in [0.717, 1.165) is 30.5 Å². The lowest BCUT2D eigenvalue weighted by molar-refractivity contribution is -0.139. The molecule has 2 aliphatic rings. The molecule has 2 aromatic rings. The van der Waals surface area contributed by atoms with Crippen molar-refractivity contribution < 1.29 is 14.0 Å². The Morgan fingerprint density at radius 1 is 1.23 bits per heavy atom. The van der Waals surface area contributed by atoms with Gasteiger partial charge in [0.15, 0.2) is 5.82 Å². The molecule has 3 N–H and O–H groups in total. The van der Waals surface area contributed by atoms with Gasteiger partial charge in [-0.25, -0.2) is 9.18 Å². The van der Waals surface area contributed by atoms with Crippen LogP contribution >= 0.6 is 11.6 Å². The van der Waals surface area contributed by atoms with E-state index in [-0.39, 0.29) is 35.1 Å². The predicted molar refractivity (Wildman–Crippen MR) is 113 cm³/mol. The van der Waals surface area contributed by atoms with E-state index in [1.807, 2.05) is 0 Å². The van der Waals surface area contributed by atoms with Crippen LogP contribution in [0.4, 0.5) is 20.7 Å². The lowest BCUT2D eigenvalue weighted by Crippen LogP contribution is -2.51. The number of para-hydroxylation sites is 1. The summed E-state index contributed by atoms with van der Waals surface area (Å²) in [4.78, 5) is 27.2. The molecule has 1 aliphatic heterocycles. The fourth-order valence-electron chi connectivity index (χ4n) is 4.27. The molecular formula is C21H25ClFN5O2. The molecule has 3 amide bonds. The number of fused-ring (bicyclic) bond motifs is 1. The Bertz CT molecular complexity index is 989. The van der Waals surface area contributed by atoms with Crippen LogP contribution in [0.2, 0.25) is 5.02 Å². The number of anilines is 2. The Morgan fingerprint density at radius 2 is 1.97 bits per heavy atom. The molecule has 0 radical (unpaired) electrons. The van der Waals surface area contributed by atoms with Crippen LogP contribution in [-0.2, 0) is 17.9 Å². The van der Waals surface area contributed by atoms with Crippen LogP contribution in [0.5, 0.6) is 0 Å². The Morgan fingerprint density at radius 3 is 2.57 bits per heavy atom. The lowest BCUT2D eigenvalue weighted by Gasteiger charge is -2.49. The second-order valence-electron chi connectivity index (χ2n) is 9.05. The normalized spacial score (nSPS) is 17.3. The molecule has 1 saturated carbocycles. The highest BCUT2D eigenvalue weighted by atomic mass is 35.5. The molecule has 2 heterocycles. The number of H-pyrrole nitrogens is 1. The van der Waals surface area contributed by atoms with E-state index < -0.39 is 17.3 Å². The minimum atomic E-state index is -0.601. The number of carbonyl (C=O) groups is 2. The first kappa shape index (κ1) is 20.7. The van der Waals surface area contributed by atoms with E-state index in [1.54, 1.807) is 0 Å². The second-order valence-corrected chi connectivity index (χ2v) is 9.46. The zero-order chi connectivity index (χ0) is 21.7. The lowest BCUT2D eigenvalue weighted by atomic mass is 9.54. The van der Waals surface area contributed by atoms with Gasteiger partial charge < -0.3 is 15.5 Å². The summed E-state index contributed by atoms with van der Waals surface area (Å²) in [5, 5.41) is 12.8. The van der Waals surface area contributed by atoms with Crippen molar-refractivity contribution in [2.24, 2.45) is 10.8 Å². The number of aromatic nitrogens is 2. The average Bonchev–Trinajstić information content (AvgIpc) is 3.18. The third-order valence-corrected chi connectivity index (χ3v) is 6.76. The number of aromatic amines is 1. The highest BCUT2D eigenvalue weighted by Crippen LogP contribution is 2.54. The highest BCUT2D eigenvalue weighted by Gasteiger charge is 2.52. The predicted octanol–water partition coefficient (Wildman–Crippen LogP) is 4.90. The number of nitrogens with one attached hydrogen (secondary N) is 3. The van der Waals surface area contributed by atoms with E-state index in [1.165, 1.54) is 23.1 Å². The van der Waals surface area contributed by atoms with Crippen LogP contribution in [0.15, 0.2) is 18.2 Å². The minimum Gasteiger partial charge on any atom is -0.314 e. The first-order valence-electron chi connectivity index (χ1n) is 10.00. The molecule has 1 aromatic carbocycles. The fraction of sp³-hybridized carbons (Fsp3) is 0.476. The van der Waals surface area contributed by atoms with Crippen molar-refractivity contribution in [2.45, 2.75) is 53.1 Å². The number of amides is 3. The number of hydrogen-bond acceptors (Lipinski definition) is 3. The van der Waals surface area contributed by atoms with Crippen molar-refractivity contribution in [1.82, 2.24) is 15.1 Å². The standard InChI is InChI=1S/C21H25ClFN5O2/c1-20(2,3)21(8-5-9-21)18(29)25-17-12-10-28(11-15(12)26-27-17)19(30)24-16-13(22)6-4-7-14(16)23/h4,6-7H,5,8-11H2,1-3H3,(H,24,30)(H2,25,26,27,29). The van der Waals surface area contributed by atoms with Crippen molar-refractivity contribution in [3.8, 4) is 0 Å². The molecule has 0 unspecified atom stereocenters. The molecule has 4 rings (SSSR count). The SMILES string of the molecule is CC(C)(C)C1(C(=O)Nc2n[nH]c3c2CN(C(=O)Nc2c(F)cccc2Cl)C3)CCC1. The van der Waals surface area contributed by atoms with Crippen molar-refractivity contribution in [3.05, 3.63) is 40.3 Å². The van der Waals surface area contributed by atoms with E-state index in [2.05, 4.69) is 41.6 Å². The zero-order valence-corrected chi connectivity index (χ0v) is 18.0. The summed E-state index contributed by atoms with van der Waals surface area (Å²) in [6.07, 6.45) is 2.75. The van der Waals surface area contributed by atoms with Crippen molar-refractivity contribution in [3.63, 3.8) is 0 Å². The number of nitrogens with zero attached hydrogens (tertiary/aromatic N) is 2. The smallest absolute Gasteiger partial charge is 0.314 e. The van der Waals surface area contributed by atoms with Gasteiger partial charge in [0.1, 0.15) is 5.82 Å². The molecule has 160 valence electrons. The van der Waals surface area contributed by atoms with Gasteiger partial charge in [0.05, 0.1) is 34.9 Å². The summed E-state index contributed by atoms with van der Waals surface area (Å²) in [5.74, 6) is -0.183. The maximum atomic E-state index is 14.0. The third kappa shape index (κ3) is 3.33. The number of urea groups is 1. The van der Waals surface area contributed by atoms with E-state index >= 15 is 0 Å². The number of halogens is 2. The third-order valence-electron chi connectivity index (χ3n) is 6.44. The van der Waals surface area contributed by atoms with E-state index in [0.29, 0.717) is 5.82 Å². The molecule has 7 nitrogen and oxygen atoms in total. The topological polar surface area (TPSA) is 90.1 Å². The summed E-state index contributed by atoms with van der Waals surface area (Å²) < 4.78 is 14.0. The van der Waals surface area contributed by atoms with Gasteiger partial charge in [-0.3, -0.25) is 9.89 Å². The van der Waals surface area contributed by atoms with Crippen molar-refractivity contribution in [1.29, 1.82) is 0 Å². The van der Waals surface area contributed by atoms with Gasteiger partial charge in [0, 0.05) is 5.56 Å². The Balaban J connectivity index is 1.46. The van der Waals surface area contributed by atoms with Crippen molar-refractivity contribution in [2.75, 3.05) is 10.6 Å². The van der Waals surface area contributed by atoms with Crippen LogP contribution < -0.4 is 10.6 Å². The molecule has 0 spiro atoms.